The summed E-state index contributed by atoms with van der Waals surface area (Å²) in [4.78, 5) is 25.1. The van der Waals surface area contributed by atoms with Crippen LogP contribution in [0.4, 0.5) is 22.0 Å². The highest BCUT2D eigenvalue weighted by molar-refractivity contribution is 5.94. The van der Waals surface area contributed by atoms with Gasteiger partial charge in [-0.3, -0.25) is 9.63 Å². The van der Waals surface area contributed by atoms with Gasteiger partial charge in [0, 0.05) is 0 Å². The van der Waals surface area contributed by atoms with Crippen molar-refractivity contribution < 1.29 is 41.5 Å². The Hall–Kier alpha value is -2.23. The predicted octanol–water partition coefficient (Wildman–Crippen LogP) is 1.13. The summed E-state index contributed by atoms with van der Waals surface area (Å²) in [5.41, 5.74) is -0.546. The second-order valence-electron chi connectivity index (χ2n) is 3.06. The fraction of sp³-hybridized carbons (Fsp3) is 0.111. The number of benzene rings is 1. The maximum Gasteiger partial charge on any atom is 0.332 e. The van der Waals surface area contributed by atoms with Gasteiger partial charge in [0.1, 0.15) is 5.56 Å². The lowest BCUT2D eigenvalue weighted by molar-refractivity contribution is -0.144. The number of rotatable bonds is 4. The highest BCUT2D eigenvalue weighted by Crippen LogP contribution is 2.22. The van der Waals surface area contributed by atoms with Crippen molar-refractivity contribution in [1.29, 1.82) is 0 Å². The molecule has 0 unspecified atom stereocenters. The number of amides is 1. The van der Waals surface area contributed by atoms with Gasteiger partial charge in [-0.15, -0.1) is 0 Å². The van der Waals surface area contributed by atoms with Gasteiger partial charge in [-0.2, -0.15) is 0 Å². The molecule has 0 atom stereocenters. The quantitative estimate of drug-likeness (QED) is 0.376. The molecule has 0 aliphatic heterocycles. The fourth-order valence-corrected chi connectivity index (χ4v) is 1.02. The molecular weight excluding hydrogens is 281 g/mol. The molecule has 0 spiro atoms. The molecule has 1 amide bonds. The molecule has 0 aliphatic carbocycles. The highest BCUT2D eigenvalue weighted by Gasteiger charge is 2.29. The van der Waals surface area contributed by atoms with Crippen LogP contribution < -0.4 is 5.48 Å². The topological polar surface area (TPSA) is 75.6 Å². The van der Waals surface area contributed by atoms with Crippen LogP contribution in [0.5, 0.6) is 0 Å². The fourth-order valence-electron chi connectivity index (χ4n) is 1.02. The molecule has 0 aliphatic rings. The van der Waals surface area contributed by atoms with Gasteiger partial charge in [0.25, 0.3) is 5.91 Å². The molecule has 1 rings (SSSR count). The van der Waals surface area contributed by atoms with Gasteiger partial charge in [0.2, 0.25) is 5.82 Å². The van der Waals surface area contributed by atoms with Gasteiger partial charge in [-0.1, -0.05) is 0 Å². The molecule has 0 radical (unpaired) electrons. The molecule has 0 heterocycles. The van der Waals surface area contributed by atoms with E-state index < -0.39 is 53.1 Å². The third-order valence-electron chi connectivity index (χ3n) is 1.80. The minimum Gasteiger partial charge on any atom is -0.479 e. The van der Waals surface area contributed by atoms with Gasteiger partial charge in [0.05, 0.1) is 0 Å². The van der Waals surface area contributed by atoms with Gasteiger partial charge in [-0.25, -0.2) is 32.2 Å². The van der Waals surface area contributed by atoms with E-state index in [1.807, 2.05) is 0 Å². The molecule has 104 valence electrons. The van der Waals surface area contributed by atoms with Gasteiger partial charge >= 0.3 is 5.97 Å². The summed E-state index contributed by atoms with van der Waals surface area (Å²) in [6.07, 6.45) is 0. The maximum atomic E-state index is 13.1. The molecule has 0 fully saturated rings. The van der Waals surface area contributed by atoms with Crippen molar-refractivity contribution in [2.45, 2.75) is 0 Å². The van der Waals surface area contributed by atoms with Crippen LogP contribution in [0.3, 0.4) is 0 Å². The number of hydrogen-bond acceptors (Lipinski definition) is 3. The standard InChI is InChI=1S/C9H4F5NO4/c10-4-3(9(18)15-19-1-2(16)17)5(11)7(13)8(14)6(4)12/h1H2,(H,15,18)(H,16,17). The van der Waals surface area contributed by atoms with Gasteiger partial charge in [-0.05, 0) is 0 Å². The summed E-state index contributed by atoms with van der Waals surface area (Å²) < 4.78 is 64.3. The number of hydroxylamine groups is 1. The third-order valence-corrected chi connectivity index (χ3v) is 1.80. The molecule has 19 heavy (non-hydrogen) atoms. The number of halogens is 5. The average molecular weight is 285 g/mol. The Morgan fingerprint density at radius 1 is 0.947 bits per heavy atom. The van der Waals surface area contributed by atoms with Crippen LogP contribution >= 0.6 is 0 Å². The van der Waals surface area contributed by atoms with Crippen LogP contribution in [-0.2, 0) is 9.63 Å². The number of hydrogen-bond donors (Lipinski definition) is 2. The molecule has 0 aromatic heterocycles. The molecule has 2 N–H and O–H groups in total. The summed E-state index contributed by atoms with van der Waals surface area (Å²) in [6.45, 7) is -1.07. The first-order valence-corrected chi connectivity index (χ1v) is 4.42. The van der Waals surface area contributed by atoms with Crippen LogP contribution in [0.1, 0.15) is 10.4 Å². The van der Waals surface area contributed by atoms with E-state index in [2.05, 4.69) is 4.84 Å². The van der Waals surface area contributed by atoms with Crippen molar-refractivity contribution in [3.63, 3.8) is 0 Å². The van der Waals surface area contributed by atoms with Crippen molar-refractivity contribution in [3.8, 4) is 0 Å². The van der Waals surface area contributed by atoms with E-state index in [-0.39, 0.29) is 0 Å². The van der Waals surface area contributed by atoms with Crippen molar-refractivity contribution in [3.05, 3.63) is 34.6 Å². The minimum absolute atomic E-state index is 1.07. The monoisotopic (exact) mass is 285 g/mol. The Kier molecular flexibility index (Phi) is 4.38. The zero-order chi connectivity index (χ0) is 14.7. The Morgan fingerprint density at radius 2 is 1.37 bits per heavy atom. The lowest BCUT2D eigenvalue weighted by atomic mass is 10.1. The number of carboxylic acids is 1. The smallest absolute Gasteiger partial charge is 0.332 e. The molecule has 10 heteroatoms. The summed E-state index contributed by atoms with van der Waals surface area (Å²) in [6, 6.07) is 0. The number of carbonyl (C=O) groups is 2. The van der Waals surface area contributed by atoms with E-state index in [0.717, 1.165) is 0 Å². The van der Waals surface area contributed by atoms with Crippen molar-refractivity contribution in [1.82, 2.24) is 5.48 Å². The first-order chi connectivity index (χ1) is 8.77. The Morgan fingerprint density at radius 3 is 1.79 bits per heavy atom. The van der Waals surface area contributed by atoms with Crippen LogP contribution in [0, 0.1) is 29.1 Å². The summed E-state index contributed by atoms with van der Waals surface area (Å²) in [5.74, 6) is -15.1. The molecule has 0 saturated carbocycles. The lowest BCUT2D eigenvalue weighted by Crippen LogP contribution is -2.29. The Bertz CT molecular complexity index is 519. The van der Waals surface area contributed by atoms with E-state index in [9.17, 15) is 31.5 Å². The molecule has 1 aromatic carbocycles. The third kappa shape index (κ3) is 2.96. The lowest BCUT2D eigenvalue weighted by Gasteiger charge is -2.08. The minimum atomic E-state index is -2.42. The summed E-state index contributed by atoms with van der Waals surface area (Å²) >= 11 is 0. The SMILES string of the molecule is O=C(O)CONC(=O)c1c(F)c(F)c(F)c(F)c1F. The van der Waals surface area contributed by atoms with Crippen molar-refractivity contribution in [2.24, 2.45) is 0 Å². The average Bonchev–Trinajstić information content (AvgIpc) is 2.34. The number of carboxylic acid groups (broad SMARTS) is 1. The maximum absolute atomic E-state index is 13.1. The van der Waals surface area contributed by atoms with Crippen molar-refractivity contribution >= 4 is 11.9 Å². The van der Waals surface area contributed by atoms with E-state index in [4.69, 9.17) is 5.11 Å². The summed E-state index contributed by atoms with van der Waals surface area (Å²) in [7, 11) is 0. The number of carbonyl (C=O) groups excluding carboxylic acids is 1. The molecular formula is C9H4F5NO4. The molecule has 0 bridgehead atoms. The molecule has 5 nitrogen and oxygen atoms in total. The van der Waals surface area contributed by atoms with E-state index >= 15 is 0 Å². The van der Waals surface area contributed by atoms with E-state index in [1.54, 1.807) is 0 Å². The van der Waals surface area contributed by atoms with Gasteiger partial charge < -0.3 is 5.11 Å². The second kappa shape index (κ2) is 5.61. The Labute approximate surface area is 101 Å². The normalized spacial score (nSPS) is 10.4. The number of aliphatic carboxylic acids is 1. The van der Waals surface area contributed by atoms with E-state index in [1.165, 1.54) is 5.48 Å². The number of nitrogens with one attached hydrogen (secondary N) is 1. The van der Waals surface area contributed by atoms with Crippen LogP contribution in [0.25, 0.3) is 0 Å². The predicted molar refractivity (Wildman–Crippen MR) is 47.3 cm³/mol. The first-order valence-electron chi connectivity index (χ1n) is 4.42. The highest BCUT2D eigenvalue weighted by atomic mass is 19.2. The zero-order valence-corrected chi connectivity index (χ0v) is 8.77. The summed E-state index contributed by atoms with van der Waals surface area (Å²) in [5, 5.41) is 8.14. The molecule has 1 aromatic rings. The largest absolute Gasteiger partial charge is 0.479 e. The van der Waals surface area contributed by atoms with E-state index in [0.29, 0.717) is 0 Å². The Balaban J connectivity index is 3.07. The van der Waals surface area contributed by atoms with Crippen molar-refractivity contribution in [2.75, 3.05) is 6.61 Å². The first kappa shape index (κ1) is 14.8. The van der Waals surface area contributed by atoms with Gasteiger partial charge in [0.15, 0.2) is 29.9 Å². The second-order valence-corrected chi connectivity index (χ2v) is 3.06. The zero-order valence-electron chi connectivity index (χ0n) is 8.77. The van der Waals surface area contributed by atoms with Crippen LogP contribution in [-0.4, -0.2) is 23.6 Å². The van der Waals surface area contributed by atoms with Crippen LogP contribution in [0.15, 0.2) is 0 Å². The van der Waals surface area contributed by atoms with Crippen LogP contribution in [0.2, 0.25) is 0 Å². The molecule has 0 saturated heterocycles.